The predicted octanol–water partition coefficient (Wildman–Crippen LogP) is 6.02. The molecule has 1 nitrogen and oxygen atoms in total. The summed E-state index contributed by atoms with van der Waals surface area (Å²) in [6.07, 6.45) is 1.10. The van der Waals surface area contributed by atoms with Crippen molar-refractivity contribution in [2.75, 3.05) is 6.54 Å². The number of rotatable bonds is 5. The van der Waals surface area contributed by atoms with Crippen molar-refractivity contribution in [2.24, 2.45) is 0 Å². The Morgan fingerprint density at radius 2 is 2.11 bits per heavy atom. The van der Waals surface area contributed by atoms with Crippen molar-refractivity contribution >= 4 is 54.8 Å². The molecule has 0 aliphatic rings. The average Bonchev–Trinajstić information content (AvgIpc) is 2.70. The highest BCUT2D eigenvalue weighted by molar-refractivity contribution is 9.13. The summed E-state index contributed by atoms with van der Waals surface area (Å²) in [6, 6.07) is 10.4. The molecule has 0 aliphatic heterocycles. The first-order valence-corrected chi connectivity index (χ1v) is 8.83. The van der Waals surface area contributed by atoms with Crippen LogP contribution < -0.4 is 5.32 Å². The van der Waals surface area contributed by atoms with Crippen molar-refractivity contribution in [2.45, 2.75) is 19.4 Å². The van der Waals surface area contributed by atoms with Crippen molar-refractivity contribution in [1.29, 1.82) is 0 Å². The van der Waals surface area contributed by atoms with E-state index in [0.717, 1.165) is 26.2 Å². The normalized spacial score (nSPS) is 12.6. The first kappa shape index (κ1) is 15.5. The van der Waals surface area contributed by atoms with Crippen LogP contribution in [0.25, 0.3) is 0 Å². The van der Waals surface area contributed by atoms with Gasteiger partial charge in [0.15, 0.2) is 0 Å². The topological polar surface area (TPSA) is 12.0 Å². The summed E-state index contributed by atoms with van der Waals surface area (Å²) in [6.45, 7) is 3.15. The summed E-state index contributed by atoms with van der Waals surface area (Å²) in [5.74, 6) is 0. The van der Waals surface area contributed by atoms with Crippen molar-refractivity contribution in [3.63, 3.8) is 0 Å². The molecule has 0 radical (unpaired) electrons. The highest BCUT2D eigenvalue weighted by Gasteiger charge is 2.17. The lowest BCUT2D eigenvalue weighted by Gasteiger charge is -2.17. The maximum atomic E-state index is 6.10. The van der Waals surface area contributed by atoms with Gasteiger partial charge >= 0.3 is 0 Å². The third kappa shape index (κ3) is 4.05. The monoisotopic (exact) mass is 421 g/mol. The molecule has 0 spiro atoms. The fraction of sp³-hybridized carbons (Fsp3) is 0.286. The molecule has 0 bridgehead atoms. The van der Waals surface area contributed by atoms with Crippen LogP contribution in [0, 0.1) is 0 Å². The maximum Gasteiger partial charge on any atom is 0.0843 e. The standard InChI is InChI=1S/C14H14Br2ClNS/c1-2-6-18-13(9-4-3-5-10(17)7-9)12-8-11(15)14(16)19-12/h3-5,7-8,13,18H,2,6H2,1H3. The van der Waals surface area contributed by atoms with E-state index in [0.29, 0.717) is 0 Å². The third-order valence-corrected chi connectivity index (χ3v) is 6.29. The van der Waals surface area contributed by atoms with Gasteiger partial charge in [-0.05, 0) is 68.6 Å². The molecule has 1 atom stereocenters. The van der Waals surface area contributed by atoms with Gasteiger partial charge in [0.2, 0.25) is 0 Å². The van der Waals surface area contributed by atoms with Gasteiger partial charge in [-0.3, -0.25) is 0 Å². The molecule has 1 aromatic heterocycles. The molecular formula is C14H14Br2ClNS. The van der Waals surface area contributed by atoms with Gasteiger partial charge in [-0.15, -0.1) is 11.3 Å². The lowest BCUT2D eigenvalue weighted by molar-refractivity contribution is 0.606. The molecule has 2 aromatic rings. The Balaban J connectivity index is 2.35. The molecule has 0 fully saturated rings. The van der Waals surface area contributed by atoms with Gasteiger partial charge in [-0.1, -0.05) is 30.7 Å². The van der Waals surface area contributed by atoms with Crippen molar-refractivity contribution < 1.29 is 0 Å². The molecule has 0 aliphatic carbocycles. The first-order chi connectivity index (χ1) is 9.11. The molecule has 1 aromatic carbocycles. The van der Waals surface area contributed by atoms with E-state index in [4.69, 9.17) is 11.6 Å². The first-order valence-electron chi connectivity index (χ1n) is 6.05. The van der Waals surface area contributed by atoms with Crippen LogP contribution in [0.1, 0.15) is 29.8 Å². The smallest absolute Gasteiger partial charge is 0.0843 e. The van der Waals surface area contributed by atoms with Crippen LogP contribution in [0.2, 0.25) is 5.02 Å². The lowest BCUT2D eigenvalue weighted by Crippen LogP contribution is -2.22. The average molecular weight is 424 g/mol. The molecule has 102 valence electrons. The minimum absolute atomic E-state index is 0.186. The molecular weight excluding hydrogens is 409 g/mol. The van der Waals surface area contributed by atoms with Crippen LogP contribution >= 0.6 is 54.8 Å². The summed E-state index contributed by atoms with van der Waals surface area (Å²) in [4.78, 5) is 1.27. The largest absolute Gasteiger partial charge is 0.306 e. The van der Waals surface area contributed by atoms with Crippen LogP contribution in [-0.2, 0) is 0 Å². The summed E-state index contributed by atoms with van der Waals surface area (Å²) >= 11 is 14.9. The Morgan fingerprint density at radius 3 is 2.68 bits per heavy atom. The Hall–Kier alpha value is 0.130. The van der Waals surface area contributed by atoms with Crippen molar-refractivity contribution in [3.8, 4) is 0 Å². The van der Waals surface area contributed by atoms with E-state index in [1.807, 2.05) is 18.2 Å². The fourth-order valence-corrected chi connectivity index (χ4v) is 4.26. The molecule has 2 rings (SSSR count). The Kier molecular flexibility index (Phi) is 5.90. The molecule has 1 N–H and O–H groups in total. The van der Waals surface area contributed by atoms with E-state index < -0.39 is 0 Å². The molecule has 0 saturated carbocycles. The van der Waals surface area contributed by atoms with Crippen LogP contribution in [0.4, 0.5) is 0 Å². The Morgan fingerprint density at radius 1 is 1.32 bits per heavy atom. The number of halogens is 3. The van der Waals surface area contributed by atoms with Gasteiger partial charge in [-0.25, -0.2) is 0 Å². The highest BCUT2D eigenvalue weighted by atomic mass is 79.9. The third-order valence-electron chi connectivity index (χ3n) is 2.73. The van der Waals surface area contributed by atoms with E-state index in [9.17, 15) is 0 Å². The van der Waals surface area contributed by atoms with Crippen LogP contribution in [0.3, 0.4) is 0 Å². The highest BCUT2D eigenvalue weighted by Crippen LogP contribution is 2.37. The lowest BCUT2D eigenvalue weighted by atomic mass is 10.1. The number of hydrogen-bond acceptors (Lipinski definition) is 2. The van der Waals surface area contributed by atoms with Crippen LogP contribution in [0.15, 0.2) is 38.6 Å². The summed E-state index contributed by atoms with van der Waals surface area (Å²) in [5.41, 5.74) is 1.20. The second kappa shape index (κ2) is 7.23. The summed E-state index contributed by atoms with van der Waals surface area (Å²) < 4.78 is 2.21. The van der Waals surface area contributed by atoms with E-state index in [2.05, 4.69) is 56.2 Å². The van der Waals surface area contributed by atoms with Crippen LogP contribution in [-0.4, -0.2) is 6.54 Å². The van der Waals surface area contributed by atoms with E-state index in [-0.39, 0.29) is 6.04 Å². The van der Waals surface area contributed by atoms with Crippen LogP contribution in [0.5, 0.6) is 0 Å². The van der Waals surface area contributed by atoms with Gasteiger partial charge in [0, 0.05) is 14.4 Å². The molecule has 19 heavy (non-hydrogen) atoms. The minimum Gasteiger partial charge on any atom is -0.306 e. The molecule has 1 heterocycles. The fourth-order valence-electron chi connectivity index (χ4n) is 1.86. The second-order valence-electron chi connectivity index (χ2n) is 4.21. The molecule has 0 amide bonds. The maximum absolute atomic E-state index is 6.10. The molecule has 5 heteroatoms. The Bertz CT molecular complexity index is 537. The van der Waals surface area contributed by atoms with Gasteiger partial charge in [0.05, 0.1) is 9.83 Å². The molecule has 1 unspecified atom stereocenters. The number of thiophene rings is 1. The van der Waals surface area contributed by atoms with Gasteiger partial charge in [-0.2, -0.15) is 0 Å². The number of nitrogens with one attached hydrogen (secondary N) is 1. The van der Waals surface area contributed by atoms with E-state index in [1.165, 1.54) is 10.4 Å². The quantitative estimate of drug-likeness (QED) is 0.620. The number of hydrogen-bond donors (Lipinski definition) is 1. The van der Waals surface area contributed by atoms with E-state index >= 15 is 0 Å². The SMILES string of the molecule is CCCNC(c1cccc(Cl)c1)c1cc(Br)c(Br)s1. The van der Waals surface area contributed by atoms with Crippen molar-refractivity contribution in [1.82, 2.24) is 5.32 Å². The second-order valence-corrected chi connectivity index (χ2v) is 7.91. The summed E-state index contributed by atoms with van der Waals surface area (Å²) in [7, 11) is 0. The minimum atomic E-state index is 0.186. The van der Waals surface area contributed by atoms with Crippen molar-refractivity contribution in [3.05, 3.63) is 54.1 Å². The summed E-state index contributed by atoms with van der Waals surface area (Å²) in [5, 5.41) is 4.35. The zero-order valence-corrected chi connectivity index (χ0v) is 15.2. The zero-order chi connectivity index (χ0) is 13.8. The molecule has 0 saturated heterocycles. The zero-order valence-electron chi connectivity index (χ0n) is 10.4. The van der Waals surface area contributed by atoms with Gasteiger partial charge < -0.3 is 5.32 Å². The van der Waals surface area contributed by atoms with Gasteiger partial charge in [0.25, 0.3) is 0 Å². The predicted molar refractivity (Wildman–Crippen MR) is 91.3 cm³/mol. The van der Waals surface area contributed by atoms with E-state index in [1.54, 1.807) is 11.3 Å². The Labute approximate surface area is 139 Å². The van der Waals surface area contributed by atoms with Gasteiger partial charge in [0.1, 0.15) is 0 Å². The number of benzene rings is 1.